The molecule has 1 N–H and O–H groups in total. The van der Waals surface area contributed by atoms with Gasteiger partial charge in [-0.3, -0.25) is 9.78 Å². The van der Waals surface area contributed by atoms with Gasteiger partial charge >= 0.3 is 5.97 Å². The van der Waals surface area contributed by atoms with Gasteiger partial charge in [0.15, 0.2) is 0 Å². The highest BCUT2D eigenvalue weighted by molar-refractivity contribution is 5.76. The Balaban J connectivity index is 3.22. The highest BCUT2D eigenvalue weighted by Crippen LogP contribution is 2.24. The van der Waals surface area contributed by atoms with Gasteiger partial charge in [-0.1, -0.05) is 6.92 Å². The smallest absolute Gasteiger partial charge is 0.311 e. The maximum atomic E-state index is 13.1. The fourth-order valence-corrected chi connectivity index (χ4v) is 1.26. The van der Waals surface area contributed by atoms with E-state index in [1.54, 1.807) is 6.92 Å². The average Bonchev–Trinajstić information content (AvgIpc) is 2.10. The molecule has 0 aliphatic rings. The number of hydrogen-bond acceptors (Lipinski definition) is 2. The number of carboxylic acids is 1. The van der Waals surface area contributed by atoms with Crippen molar-refractivity contribution in [2.24, 2.45) is 0 Å². The predicted molar refractivity (Wildman–Crippen MR) is 44.8 cm³/mol. The number of nitrogens with zero attached hydrogens (tertiary/aromatic N) is 1. The molecule has 0 spiro atoms. The minimum atomic E-state index is -1.24. The molecule has 1 aromatic rings. The molecule has 14 heavy (non-hydrogen) atoms. The van der Waals surface area contributed by atoms with Crippen LogP contribution < -0.4 is 0 Å². The first-order valence-corrected chi connectivity index (χ1v) is 4.09. The van der Waals surface area contributed by atoms with E-state index in [1.807, 2.05) is 0 Å². The normalized spacial score (nSPS) is 12.5. The Hall–Kier alpha value is -1.52. The summed E-state index contributed by atoms with van der Waals surface area (Å²) in [5.74, 6) is -4.23. The van der Waals surface area contributed by atoms with Gasteiger partial charge in [-0.2, -0.15) is 0 Å². The van der Waals surface area contributed by atoms with E-state index in [-0.39, 0.29) is 6.42 Å². The number of carbonyl (C=O) groups is 1. The average molecular weight is 201 g/mol. The van der Waals surface area contributed by atoms with Crippen LogP contribution in [0, 0.1) is 11.6 Å². The van der Waals surface area contributed by atoms with E-state index in [2.05, 4.69) is 4.98 Å². The van der Waals surface area contributed by atoms with Crippen molar-refractivity contribution in [3.05, 3.63) is 29.6 Å². The summed E-state index contributed by atoms with van der Waals surface area (Å²) in [6.07, 6.45) is 1.75. The van der Waals surface area contributed by atoms with E-state index in [0.717, 1.165) is 12.4 Å². The van der Waals surface area contributed by atoms with Crippen LogP contribution in [-0.4, -0.2) is 16.1 Å². The first kappa shape index (κ1) is 10.6. The van der Waals surface area contributed by atoms with Gasteiger partial charge in [0.05, 0.1) is 18.3 Å². The van der Waals surface area contributed by atoms with Crippen molar-refractivity contribution in [1.29, 1.82) is 0 Å². The third-order valence-corrected chi connectivity index (χ3v) is 1.95. The minimum Gasteiger partial charge on any atom is -0.481 e. The predicted octanol–water partition coefficient (Wildman–Crippen LogP) is 1.94. The summed E-state index contributed by atoms with van der Waals surface area (Å²) in [6.45, 7) is 1.55. The van der Waals surface area contributed by atoms with E-state index in [9.17, 15) is 13.6 Å². The monoisotopic (exact) mass is 201 g/mol. The SMILES string of the molecule is CCC(C(=O)O)c1c(F)cncc1F. The Labute approximate surface area is 79.4 Å². The van der Waals surface area contributed by atoms with Crippen LogP contribution in [-0.2, 0) is 4.79 Å². The van der Waals surface area contributed by atoms with Gasteiger partial charge in [-0.15, -0.1) is 0 Å². The number of hydrogen-bond donors (Lipinski definition) is 1. The van der Waals surface area contributed by atoms with Gasteiger partial charge in [0.2, 0.25) is 0 Å². The van der Waals surface area contributed by atoms with Gasteiger partial charge in [0.25, 0.3) is 0 Å². The number of aliphatic carboxylic acids is 1. The molecule has 0 saturated heterocycles. The lowest BCUT2D eigenvalue weighted by Gasteiger charge is -2.11. The Bertz CT molecular complexity index is 334. The second-order valence-electron chi connectivity index (χ2n) is 2.82. The molecule has 0 saturated carbocycles. The van der Waals surface area contributed by atoms with E-state index < -0.39 is 29.1 Å². The molecule has 76 valence electrons. The van der Waals surface area contributed by atoms with Crippen molar-refractivity contribution in [2.45, 2.75) is 19.3 Å². The third-order valence-electron chi connectivity index (χ3n) is 1.95. The fraction of sp³-hybridized carbons (Fsp3) is 0.333. The number of halogens is 2. The zero-order valence-corrected chi connectivity index (χ0v) is 7.50. The quantitative estimate of drug-likeness (QED) is 0.812. The van der Waals surface area contributed by atoms with E-state index in [0.29, 0.717) is 0 Å². The molecule has 1 atom stereocenters. The second-order valence-corrected chi connectivity index (χ2v) is 2.82. The zero-order valence-electron chi connectivity index (χ0n) is 7.50. The zero-order chi connectivity index (χ0) is 10.7. The molecule has 0 aliphatic heterocycles. The first-order valence-electron chi connectivity index (χ1n) is 4.09. The van der Waals surface area contributed by atoms with Crippen molar-refractivity contribution in [3.8, 4) is 0 Å². The van der Waals surface area contributed by atoms with Crippen molar-refractivity contribution < 1.29 is 18.7 Å². The summed E-state index contributed by atoms with van der Waals surface area (Å²) < 4.78 is 26.2. The van der Waals surface area contributed by atoms with Crippen LogP contribution in [0.15, 0.2) is 12.4 Å². The van der Waals surface area contributed by atoms with Crippen molar-refractivity contribution in [3.63, 3.8) is 0 Å². The molecule has 0 aromatic carbocycles. The first-order chi connectivity index (χ1) is 6.57. The lowest BCUT2D eigenvalue weighted by Crippen LogP contribution is -2.14. The molecule has 1 unspecified atom stereocenters. The Morgan fingerprint density at radius 3 is 2.36 bits per heavy atom. The Kier molecular flexibility index (Phi) is 3.11. The lowest BCUT2D eigenvalue weighted by molar-refractivity contribution is -0.139. The molecule has 0 radical (unpaired) electrons. The van der Waals surface area contributed by atoms with Crippen LogP contribution in [0.2, 0.25) is 0 Å². The van der Waals surface area contributed by atoms with Crippen LogP contribution in [0.3, 0.4) is 0 Å². The molecule has 0 bridgehead atoms. The summed E-state index contributed by atoms with van der Waals surface area (Å²) in [4.78, 5) is 14.0. The summed E-state index contributed by atoms with van der Waals surface area (Å²) in [5.41, 5.74) is -0.421. The summed E-state index contributed by atoms with van der Waals surface area (Å²) >= 11 is 0. The topological polar surface area (TPSA) is 50.2 Å². The summed E-state index contributed by atoms with van der Waals surface area (Å²) in [7, 11) is 0. The van der Waals surface area contributed by atoms with Gasteiger partial charge in [0.1, 0.15) is 11.6 Å². The molecule has 1 aromatic heterocycles. The van der Waals surface area contributed by atoms with Crippen LogP contribution in [0.25, 0.3) is 0 Å². The molecule has 3 nitrogen and oxygen atoms in total. The third kappa shape index (κ3) is 1.86. The molecular weight excluding hydrogens is 192 g/mol. The number of rotatable bonds is 3. The van der Waals surface area contributed by atoms with Crippen molar-refractivity contribution in [1.82, 2.24) is 4.98 Å². The Morgan fingerprint density at radius 2 is 2.00 bits per heavy atom. The highest BCUT2D eigenvalue weighted by Gasteiger charge is 2.24. The second kappa shape index (κ2) is 4.13. The maximum absolute atomic E-state index is 13.1. The summed E-state index contributed by atoms with van der Waals surface area (Å²) in [6, 6.07) is 0. The summed E-state index contributed by atoms with van der Waals surface area (Å²) in [5, 5.41) is 8.72. The van der Waals surface area contributed by atoms with E-state index >= 15 is 0 Å². The van der Waals surface area contributed by atoms with Crippen molar-refractivity contribution >= 4 is 5.97 Å². The standard InChI is InChI=1S/C9H9F2NO2/c1-2-5(9(13)14)8-6(10)3-12-4-7(8)11/h3-5H,2H2,1H3,(H,13,14). The molecule has 0 amide bonds. The van der Waals surface area contributed by atoms with Gasteiger partial charge in [-0.05, 0) is 6.42 Å². The minimum absolute atomic E-state index is 0.132. The van der Waals surface area contributed by atoms with E-state index in [1.165, 1.54) is 0 Å². The number of carboxylic acid groups (broad SMARTS) is 1. The van der Waals surface area contributed by atoms with Crippen molar-refractivity contribution in [2.75, 3.05) is 0 Å². The van der Waals surface area contributed by atoms with Crippen LogP contribution in [0.4, 0.5) is 8.78 Å². The molecule has 5 heteroatoms. The maximum Gasteiger partial charge on any atom is 0.311 e. The molecular formula is C9H9F2NO2. The lowest BCUT2D eigenvalue weighted by atomic mass is 9.97. The number of aromatic nitrogens is 1. The fourth-order valence-electron chi connectivity index (χ4n) is 1.26. The van der Waals surface area contributed by atoms with Crippen LogP contribution in [0.1, 0.15) is 24.8 Å². The number of pyridine rings is 1. The Morgan fingerprint density at radius 1 is 1.50 bits per heavy atom. The van der Waals surface area contributed by atoms with E-state index in [4.69, 9.17) is 5.11 Å². The van der Waals surface area contributed by atoms with Gasteiger partial charge in [-0.25, -0.2) is 8.78 Å². The molecule has 1 heterocycles. The van der Waals surface area contributed by atoms with Crippen LogP contribution >= 0.6 is 0 Å². The largest absolute Gasteiger partial charge is 0.481 e. The van der Waals surface area contributed by atoms with Gasteiger partial charge < -0.3 is 5.11 Å². The highest BCUT2D eigenvalue weighted by atomic mass is 19.1. The van der Waals surface area contributed by atoms with Crippen LogP contribution in [0.5, 0.6) is 0 Å². The molecule has 0 fully saturated rings. The molecule has 1 rings (SSSR count). The molecule has 0 aliphatic carbocycles. The van der Waals surface area contributed by atoms with Gasteiger partial charge in [0, 0.05) is 5.56 Å².